The number of amides is 1. The third-order valence-electron chi connectivity index (χ3n) is 4.15. The second kappa shape index (κ2) is 8.84. The molecule has 134 valence electrons. The molecule has 5 nitrogen and oxygen atoms in total. The van der Waals surface area contributed by atoms with E-state index < -0.39 is 0 Å². The highest BCUT2D eigenvalue weighted by Gasteiger charge is 2.21. The van der Waals surface area contributed by atoms with E-state index in [0.29, 0.717) is 21.2 Å². The summed E-state index contributed by atoms with van der Waals surface area (Å²) in [6.45, 7) is -0.228. The quantitative estimate of drug-likeness (QED) is 0.465. The number of nitriles is 1. The number of hydrogen-bond acceptors (Lipinski definition) is 5. The Hall–Kier alpha value is -2.36. The largest absolute Gasteiger partial charge is 0.386 e. The maximum atomic E-state index is 12.1. The molecule has 1 aromatic heterocycles. The van der Waals surface area contributed by atoms with Gasteiger partial charge in [0.15, 0.2) is 6.61 Å². The van der Waals surface area contributed by atoms with E-state index in [2.05, 4.69) is 16.5 Å². The molecule has 1 N–H and O–H groups in total. The van der Waals surface area contributed by atoms with Crippen LogP contribution in [0.15, 0.2) is 29.4 Å². The van der Waals surface area contributed by atoms with Crippen LogP contribution in [0.5, 0.6) is 0 Å². The van der Waals surface area contributed by atoms with Crippen molar-refractivity contribution in [1.29, 1.82) is 5.26 Å². The van der Waals surface area contributed by atoms with Crippen molar-refractivity contribution >= 4 is 40.1 Å². The molecule has 0 bridgehead atoms. The van der Waals surface area contributed by atoms with Gasteiger partial charge >= 0.3 is 0 Å². The number of carbonyl (C=O) groups is 1. The van der Waals surface area contributed by atoms with Gasteiger partial charge in [-0.1, -0.05) is 41.4 Å². The van der Waals surface area contributed by atoms with Gasteiger partial charge in [-0.2, -0.15) is 5.26 Å². The number of anilines is 1. The summed E-state index contributed by atoms with van der Waals surface area (Å²) in [4.78, 5) is 18.4. The predicted molar refractivity (Wildman–Crippen MR) is 104 cm³/mol. The Morgan fingerprint density at radius 3 is 2.96 bits per heavy atom. The van der Waals surface area contributed by atoms with Gasteiger partial charge in [-0.05, 0) is 37.3 Å². The van der Waals surface area contributed by atoms with Crippen molar-refractivity contribution < 1.29 is 9.63 Å². The molecule has 1 heterocycles. The van der Waals surface area contributed by atoms with Crippen molar-refractivity contribution in [2.24, 2.45) is 5.16 Å². The van der Waals surface area contributed by atoms with Crippen LogP contribution in [0, 0.1) is 11.3 Å². The maximum absolute atomic E-state index is 12.1. The zero-order valence-corrected chi connectivity index (χ0v) is 15.7. The number of benzene rings is 1. The lowest BCUT2D eigenvalue weighted by Gasteiger charge is -2.03. The Labute approximate surface area is 161 Å². The second-order valence-corrected chi connectivity index (χ2v) is 7.47. The van der Waals surface area contributed by atoms with E-state index in [4.69, 9.17) is 16.4 Å². The summed E-state index contributed by atoms with van der Waals surface area (Å²) in [5.41, 5.74) is 2.41. The normalized spacial score (nSPS) is 13.7. The minimum Gasteiger partial charge on any atom is -0.386 e. The van der Waals surface area contributed by atoms with E-state index in [1.54, 1.807) is 12.1 Å². The van der Waals surface area contributed by atoms with Crippen molar-refractivity contribution in [3.05, 3.63) is 50.9 Å². The van der Waals surface area contributed by atoms with E-state index in [1.165, 1.54) is 28.8 Å². The van der Waals surface area contributed by atoms with Crippen LogP contribution in [-0.2, 0) is 22.5 Å². The van der Waals surface area contributed by atoms with Gasteiger partial charge in [0.2, 0.25) is 0 Å². The molecule has 0 radical (unpaired) electrons. The molecule has 1 aliphatic carbocycles. The standard InChI is InChI=1S/C19H18ClN3O2S/c20-16-8-5-4-6-13(16)11-22-25-12-18(24)23-19-15(10-21)14-7-2-1-3-9-17(14)26-19/h4-6,8,11H,1-3,7,9,12H2,(H,23,24)/b22-11-. The number of aryl methyl sites for hydroxylation is 1. The number of hydrogen-bond donors (Lipinski definition) is 1. The molecule has 0 fully saturated rings. The fourth-order valence-corrected chi connectivity index (χ4v) is 4.32. The Morgan fingerprint density at radius 1 is 1.35 bits per heavy atom. The minimum absolute atomic E-state index is 0.228. The molecule has 1 aromatic carbocycles. The third kappa shape index (κ3) is 4.43. The van der Waals surface area contributed by atoms with Crippen LogP contribution >= 0.6 is 22.9 Å². The SMILES string of the molecule is N#Cc1c(NC(=O)CO/N=C\c2ccccc2Cl)sc2c1CCCCC2. The Morgan fingerprint density at radius 2 is 2.15 bits per heavy atom. The number of fused-ring (bicyclic) bond motifs is 1. The molecule has 0 saturated carbocycles. The van der Waals surface area contributed by atoms with Crippen LogP contribution in [0.1, 0.15) is 40.8 Å². The van der Waals surface area contributed by atoms with Gasteiger partial charge in [-0.3, -0.25) is 4.79 Å². The van der Waals surface area contributed by atoms with Crippen LogP contribution < -0.4 is 5.32 Å². The first-order valence-electron chi connectivity index (χ1n) is 8.43. The second-order valence-electron chi connectivity index (χ2n) is 5.96. The highest BCUT2D eigenvalue weighted by atomic mass is 35.5. The Kier molecular flexibility index (Phi) is 6.26. The highest BCUT2D eigenvalue weighted by molar-refractivity contribution is 7.16. The molecular weight excluding hydrogens is 370 g/mol. The lowest BCUT2D eigenvalue weighted by atomic mass is 10.1. The minimum atomic E-state index is -0.339. The summed E-state index contributed by atoms with van der Waals surface area (Å²) in [7, 11) is 0. The van der Waals surface area contributed by atoms with Crippen molar-refractivity contribution in [3.63, 3.8) is 0 Å². The first-order valence-corrected chi connectivity index (χ1v) is 9.63. The zero-order chi connectivity index (χ0) is 18.4. The van der Waals surface area contributed by atoms with Gasteiger partial charge in [-0.25, -0.2) is 0 Å². The van der Waals surface area contributed by atoms with E-state index in [0.717, 1.165) is 31.2 Å². The van der Waals surface area contributed by atoms with Crippen LogP contribution in [0.25, 0.3) is 0 Å². The van der Waals surface area contributed by atoms with Gasteiger partial charge < -0.3 is 10.2 Å². The average Bonchev–Trinajstić information content (AvgIpc) is 2.79. The number of nitrogens with zero attached hydrogens (tertiary/aromatic N) is 2. The van der Waals surface area contributed by atoms with Gasteiger partial charge in [0, 0.05) is 15.5 Å². The molecule has 7 heteroatoms. The maximum Gasteiger partial charge on any atom is 0.265 e. The zero-order valence-electron chi connectivity index (χ0n) is 14.1. The van der Waals surface area contributed by atoms with E-state index in [-0.39, 0.29) is 12.5 Å². The Bertz CT molecular complexity index is 870. The monoisotopic (exact) mass is 387 g/mol. The topological polar surface area (TPSA) is 74.5 Å². The number of nitrogens with one attached hydrogen (secondary N) is 1. The first-order chi connectivity index (χ1) is 12.7. The summed E-state index contributed by atoms with van der Waals surface area (Å²) in [6, 6.07) is 9.45. The van der Waals surface area contributed by atoms with Crippen LogP contribution in [0.2, 0.25) is 5.02 Å². The van der Waals surface area contributed by atoms with Gasteiger partial charge in [0.25, 0.3) is 5.91 Å². The van der Waals surface area contributed by atoms with E-state index >= 15 is 0 Å². The van der Waals surface area contributed by atoms with E-state index in [9.17, 15) is 10.1 Å². The number of rotatable bonds is 5. The van der Waals surface area contributed by atoms with E-state index in [1.807, 2.05) is 12.1 Å². The molecule has 0 unspecified atom stereocenters. The fourth-order valence-electron chi connectivity index (χ4n) is 2.88. The lowest BCUT2D eigenvalue weighted by molar-refractivity contribution is -0.120. The van der Waals surface area contributed by atoms with Gasteiger partial charge in [0.05, 0.1) is 11.8 Å². The van der Waals surface area contributed by atoms with Crippen LogP contribution in [-0.4, -0.2) is 18.7 Å². The summed E-state index contributed by atoms with van der Waals surface area (Å²) >= 11 is 7.51. The smallest absolute Gasteiger partial charge is 0.265 e. The summed E-state index contributed by atoms with van der Waals surface area (Å²) in [5, 5.41) is 17.2. The summed E-state index contributed by atoms with van der Waals surface area (Å²) in [6.07, 6.45) is 6.75. The molecule has 3 rings (SSSR count). The predicted octanol–water partition coefficient (Wildman–Crippen LogP) is 4.53. The number of thiophene rings is 1. The average molecular weight is 388 g/mol. The molecule has 2 aromatic rings. The van der Waals surface area contributed by atoms with Gasteiger partial charge in [-0.15, -0.1) is 11.3 Å². The van der Waals surface area contributed by atoms with Crippen molar-refractivity contribution in [2.45, 2.75) is 32.1 Å². The highest BCUT2D eigenvalue weighted by Crippen LogP contribution is 2.36. The summed E-state index contributed by atoms with van der Waals surface area (Å²) in [5.74, 6) is -0.339. The molecule has 0 aliphatic heterocycles. The number of halogens is 1. The van der Waals surface area contributed by atoms with Crippen molar-refractivity contribution in [3.8, 4) is 6.07 Å². The fraction of sp³-hybridized carbons (Fsp3) is 0.316. The molecule has 0 saturated heterocycles. The first kappa shape index (κ1) is 18.4. The van der Waals surface area contributed by atoms with Crippen molar-refractivity contribution in [2.75, 3.05) is 11.9 Å². The molecule has 0 atom stereocenters. The third-order valence-corrected chi connectivity index (χ3v) is 5.70. The molecule has 26 heavy (non-hydrogen) atoms. The molecular formula is C19H18ClN3O2S. The van der Waals surface area contributed by atoms with Gasteiger partial charge in [0.1, 0.15) is 11.1 Å². The molecule has 1 aliphatic rings. The van der Waals surface area contributed by atoms with Crippen molar-refractivity contribution in [1.82, 2.24) is 0 Å². The number of carbonyl (C=O) groups excluding carboxylic acids is 1. The van der Waals surface area contributed by atoms with Crippen LogP contribution in [0.3, 0.4) is 0 Å². The number of oxime groups is 1. The Balaban J connectivity index is 1.59. The lowest BCUT2D eigenvalue weighted by Crippen LogP contribution is -2.17. The van der Waals surface area contributed by atoms with Crippen LogP contribution in [0.4, 0.5) is 5.00 Å². The molecule has 1 amide bonds. The molecule has 0 spiro atoms. The summed E-state index contributed by atoms with van der Waals surface area (Å²) < 4.78 is 0.